The molecule has 0 radical (unpaired) electrons. The average molecular weight is 485 g/mol. The molecule has 1 aliphatic heterocycles. The third kappa shape index (κ3) is 5.67. The highest BCUT2D eigenvalue weighted by Crippen LogP contribution is 2.26. The summed E-state index contributed by atoms with van der Waals surface area (Å²) in [6.07, 6.45) is 5.53. The lowest BCUT2D eigenvalue weighted by atomic mass is 9.89. The maximum absolute atomic E-state index is 13.2. The Hall–Kier alpha value is -2.71. The molecule has 0 aromatic heterocycles. The number of esters is 1. The van der Waals surface area contributed by atoms with E-state index in [-0.39, 0.29) is 16.4 Å². The summed E-state index contributed by atoms with van der Waals surface area (Å²) in [4.78, 5) is 25.1. The number of fused-ring (bicyclic) bond motifs is 1. The molecule has 1 fully saturated rings. The van der Waals surface area contributed by atoms with E-state index < -0.39 is 22.1 Å². The Labute approximate surface area is 201 Å². The highest BCUT2D eigenvalue weighted by molar-refractivity contribution is 7.89. The quantitative estimate of drug-likeness (QED) is 0.606. The fourth-order valence-corrected chi connectivity index (χ4v) is 6.13. The topological polar surface area (TPSA) is 92.8 Å². The molecule has 8 heteroatoms. The van der Waals surface area contributed by atoms with Gasteiger partial charge in [-0.1, -0.05) is 49.6 Å². The second kappa shape index (κ2) is 10.7. The SMILES string of the molecule is C[C@H](OC(=O)c1cccc(S(=O)(=O)N2CCc3ccccc3C2)c1)C(=O)NCC1CCCCC1. The number of sulfonamides is 1. The van der Waals surface area contributed by atoms with Crippen molar-refractivity contribution in [3.63, 3.8) is 0 Å². The van der Waals surface area contributed by atoms with E-state index in [4.69, 9.17) is 4.74 Å². The number of nitrogens with one attached hydrogen (secondary N) is 1. The summed E-state index contributed by atoms with van der Waals surface area (Å²) >= 11 is 0. The molecule has 2 aromatic rings. The smallest absolute Gasteiger partial charge is 0.338 e. The molecule has 7 nitrogen and oxygen atoms in total. The van der Waals surface area contributed by atoms with Crippen molar-refractivity contribution in [1.29, 1.82) is 0 Å². The Morgan fingerprint density at radius 2 is 1.79 bits per heavy atom. The van der Waals surface area contributed by atoms with Gasteiger partial charge in [0, 0.05) is 19.6 Å². The molecule has 1 N–H and O–H groups in total. The molecule has 0 unspecified atom stereocenters. The highest BCUT2D eigenvalue weighted by Gasteiger charge is 2.29. The minimum Gasteiger partial charge on any atom is -0.449 e. The molecule has 1 aliphatic carbocycles. The predicted molar refractivity (Wildman–Crippen MR) is 129 cm³/mol. The molecule has 0 bridgehead atoms. The third-order valence-corrected chi connectivity index (χ3v) is 8.59. The number of nitrogens with zero attached hydrogens (tertiary/aromatic N) is 1. The molecule has 2 aromatic carbocycles. The van der Waals surface area contributed by atoms with Crippen molar-refractivity contribution in [2.45, 2.75) is 63.0 Å². The zero-order chi connectivity index (χ0) is 24.1. The standard InChI is InChI=1S/C26H32N2O5S/c1-19(25(29)27-17-20-8-3-2-4-9-20)33-26(30)22-12-7-13-24(16-22)34(31,32)28-15-14-21-10-5-6-11-23(21)18-28/h5-7,10-13,16,19-20H,2-4,8-9,14-15,17-18H2,1H3,(H,27,29)/t19-/m0/s1. The van der Waals surface area contributed by atoms with Gasteiger partial charge in [0.25, 0.3) is 5.91 Å². The van der Waals surface area contributed by atoms with E-state index in [1.165, 1.54) is 54.8 Å². The monoisotopic (exact) mass is 484 g/mol. The van der Waals surface area contributed by atoms with Crippen LogP contribution in [0.15, 0.2) is 53.4 Å². The number of carbonyl (C=O) groups excluding carboxylic acids is 2. The van der Waals surface area contributed by atoms with Crippen LogP contribution in [0, 0.1) is 5.92 Å². The van der Waals surface area contributed by atoms with Crippen molar-refractivity contribution in [3.8, 4) is 0 Å². The molecule has 4 rings (SSSR count). The van der Waals surface area contributed by atoms with E-state index in [0.717, 1.165) is 24.0 Å². The molecule has 34 heavy (non-hydrogen) atoms. The van der Waals surface area contributed by atoms with Crippen molar-refractivity contribution >= 4 is 21.9 Å². The number of benzene rings is 2. The normalized spacial score (nSPS) is 18.0. The molecule has 1 atom stereocenters. The lowest BCUT2D eigenvalue weighted by Crippen LogP contribution is -2.38. The van der Waals surface area contributed by atoms with Crippen LogP contribution in [-0.2, 0) is 32.5 Å². The van der Waals surface area contributed by atoms with E-state index in [0.29, 0.717) is 32.0 Å². The van der Waals surface area contributed by atoms with Gasteiger partial charge in [0.2, 0.25) is 10.0 Å². The van der Waals surface area contributed by atoms with Crippen LogP contribution in [0.4, 0.5) is 0 Å². The molecule has 182 valence electrons. The van der Waals surface area contributed by atoms with Crippen molar-refractivity contribution < 1.29 is 22.7 Å². The number of hydrogen-bond acceptors (Lipinski definition) is 5. The van der Waals surface area contributed by atoms with Gasteiger partial charge < -0.3 is 10.1 Å². The summed E-state index contributed by atoms with van der Waals surface area (Å²) in [6, 6.07) is 13.6. The summed E-state index contributed by atoms with van der Waals surface area (Å²) in [5.74, 6) is -0.583. The van der Waals surface area contributed by atoms with Crippen molar-refractivity contribution in [2.75, 3.05) is 13.1 Å². The minimum atomic E-state index is -3.78. The fourth-order valence-electron chi connectivity index (χ4n) is 4.67. The predicted octanol–water partition coefficient (Wildman–Crippen LogP) is 3.68. The first-order chi connectivity index (χ1) is 16.3. The summed E-state index contributed by atoms with van der Waals surface area (Å²) in [7, 11) is -3.78. The third-order valence-electron chi connectivity index (χ3n) is 6.75. The largest absolute Gasteiger partial charge is 0.449 e. The number of carbonyl (C=O) groups is 2. The Balaban J connectivity index is 1.38. The van der Waals surface area contributed by atoms with E-state index in [1.807, 2.05) is 24.3 Å². The van der Waals surface area contributed by atoms with E-state index >= 15 is 0 Å². The molecule has 2 aliphatic rings. The zero-order valence-electron chi connectivity index (χ0n) is 19.5. The van der Waals surface area contributed by atoms with Gasteiger partial charge >= 0.3 is 5.97 Å². The van der Waals surface area contributed by atoms with Gasteiger partial charge in [-0.3, -0.25) is 4.79 Å². The average Bonchev–Trinajstić information content (AvgIpc) is 2.87. The summed E-state index contributed by atoms with van der Waals surface area (Å²) in [5, 5.41) is 2.88. The van der Waals surface area contributed by atoms with Crippen molar-refractivity contribution in [2.24, 2.45) is 5.92 Å². The lowest BCUT2D eigenvalue weighted by Gasteiger charge is -2.28. The number of amides is 1. The van der Waals surface area contributed by atoms with Gasteiger partial charge in [-0.2, -0.15) is 4.31 Å². The number of rotatable bonds is 7. The van der Waals surface area contributed by atoms with Crippen LogP contribution in [0.2, 0.25) is 0 Å². The Morgan fingerprint density at radius 1 is 1.06 bits per heavy atom. The lowest BCUT2D eigenvalue weighted by molar-refractivity contribution is -0.129. The minimum absolute atomic E-state index is 0.0377. The summed E-state index contributed by atoms with van der Waals surface area (Å²) in [5.41, 5.74) is 2.24. The first kappa shape index (κ1) is 24.4. The van der Waals surface area contributed by atoms with Crippen LogP contribution in [-0.4, -0.2) is 43.8 Å². The number of ether oxygens (including phenoxy) is 1. The van der Waals surface area contributed by atoms with Crippen LogP contribution in [0.25, 0.3) is 0 Å². The van der Waals surface area contributed by atoms with Gasteiger partial charge in [-0.05, 0) is 61.4 Å². The van der Waals surface area contributed by atoms with Crippen LogP contribution >= 0.6 is 0 Å². The molecule has 1 heterocycles. The van der Waals surface area contributed by atoms with Gasteiger partial charge in [0.15, 0.2) is 6.10 Å². The molecule has 1 saturated carbocycles. The molecule has 0 saturated heterocycles. The van der Waals surface area contributed by atoms with Crippen LogP contribution in [0.3, 0.4) is 0 Å². The maximum atomic E-state index is 13.2. The highest BCUT2D eigenvalue weighted by atomic mass is 32.2. The van der Waals surface area contributed by atoms with Gasteiger partial charge in [-0.15, -0.1) is 0 Å². The Kier molecular flexibility index (Phi) is 7.68. The zero-order valence-corrected chi connectivity index (χ0v) is 20.4. The van der Waals surface area contributed by atoms with Crippen LogP contribution in [0.5, 0.6) is 0 Å². The van der Waals surface area contributed by atoms with E-state index in [9.17, 15) is 18.0 Å². The second-order valence-corrected chi connectivity index (χ2v) is 11.1. The van der Waals surface area contributed by atoms with Crippen molar-refractivity contribution in [3.05, 3.63) is 65.2 Å². The van der Waals surface area contributed by atoms with Crippen LogP contribution in [0.1, 0.15) is 60.5 Å². The van der Waals surface area contributed by atoms with Gasteiger partial charge in [0.05, 0.1) is 10.5 Å². The molecular weight excluding hydrogens is 452 g/mol. The maximum Gasteiger partial charge on any atom is 0.338 e. The first-order valence-electron chi connectivity index (χ1n) is 12.0. The second-order valence-electron chi connectivity index (χ2n) is 9.18. The van der Waals surface area contributed by atoms with Crippen LogP contribution < -0.4 is 5.32 Å². The molecule has 1 amide bonds. The van der Waals surface area contributed by atoms with Gasteiger partial charge in [-0.25, -0.2) is 13.2 Å². The van der Waals surface area contributed by atoms with Gasteiger partial charge in [0.1, 0.15) is 0 Å². The Bertz CT molecular complexity index is 1140. The van der Waals surface area contributed by atoms with E-state index in [1.54, 1.807) is 0 Å². The number of hydrogen-bond donors (Lipinski definition) is 1. The fraction of sp³-hybridized carbons (Fsp3) is 0.462. The first-order valence-corrected chi connectivity index (χ1v) is 13.4. The summed E-state index contributed by atoms with van der Waals surface area (Å²) < 4.78 is 33.3. The molecular formula is C26H32N2O5S. The summed E-state index contributed by atoms with van der Waals surface area (Å²) in [6.45, 7) is 2.80. The van der Waals surface area contributed by atoms with Crippen molar-refractivity contribution in [1.82, 2.24) is 9.62 Å². The van der Waals surface area contributed by atoms with E-state index in [2.05, 4.69) is 5.32 Å². The Morgan fingerprint density at radius 3 is 2.56 bits per heavy atom. The molecule has 0 spiro atoms.